The van der Waals surface area contributed by atoms with Gasteiger partial charge >= 0.3 is 0 Å². The third-order valence-corrected chi connectivity index (χ3v) is 4.38. The topological polar surface area (TPSA) is 54.5 Å². The molecule has 1 aromatic carbocycles. The molecule has 0 aliphatic carbocycles. The van der Waals surface area contributed by atoms with E-state index in [1.54, 1.807) is 17.5 Å². The minimum atomic E-state index is 0.0518. The summed E-state index contributed by atoms with van der Waals surface area (Å²) >= 11 is 1.62. The van der Waals surface area contributed by atoms with Gasteiger partial charge in [-0.1, -0.05) is 18.2 Å². The van der Waals surface area contributed by atoms with Crippen molar-refractivity contribution in [3.8, 4) is 5.75 Å². The fourth-order valence-corrected chi connectivity index (χ4v) is 3.08. The highest BCUT2D eigenvalue weighted by atomic mass is 32.1. The Morgan fingerprint density at radius 2 is 2.32 bits per heavy atom. The van der Waals surface area contributed by atoms with Crippen LogP contribution in [0.1, 0.15) is 10.6 Å². The Morgan fingerprint density at radius 1 is 1.41 bits per heavy atom. The lowest BCUT2D eigenvalue weighted by atomic mass is 10.2. The van der Waals surface area contributed by atoms with Gasteiger partial charge in [0, 0.05) is 43.2 Å². The zero-order valence-electron chi connectivity index (χ0n) is 12.3. The predicted molar refractivity (Wildman–Crippen MR) is 86.0 cm³/mol. The summed E-state index contributed by atoms with van der Waals surface area (Å²) in [5, 5.41) is 5.96. The molecule has 0 saturated heterocycles. The molecule has 0 saturated carbocycles. The second kappa shape index (κ2) is 7.38. The Bertz CT molecular complexity index is 616. The highest BCUT2D eigenvalue weighted by molar-refractivity contribution is 7.09. The van der Waals surface area contributed by atoms with Gasteiger partial charge in [-0.15, -0.1) is 11.3 Å². The second-order valence-corrected chi connectivity index (χ2v) is 6.17. The van der Waals surface area contributed by atoms with Crippen molar-refractivity contribution in [1.82, 2.24) is 15.2 Å². The SMILES string of the molecule is O=C(CN1CCOc2ccccc2C1)NCCc1nccs1. The van der Waals surface area contributed by atoms with Crippen LogP contribution in [0.2, 0.25) is 0 Å². The van der Waals surface area contributed by atoms with E-state index in [1.165, 1.54) is 0 Å². The molecule has 1 aliphatic heterocycles. The van der Waals surface area contributed by atoms with Gasteiger partial charge in [0.15, 0.2) is 0 Å². The number of thiazole rings is 1. The molecule has 0 spiro atoms. The molecule has 0 fully saturated rings. The molecule has 0 atom stereocenters. The number of ether oxygens (including phenoxy) is 1. The molecule has 1 N–H and O–H groups in total. The van der Waals surface area contributed by atoms with Crippen LogP contribution in [-0.4, -0.2) is 42.0 Å². The van der Waals surface area contributed by atoms with Crippen molar-refractivity contribution >= 4 is 17.2 Å². The molecule has 1 amide bonds. The summed E-state index contributed by atoms with van der Waals surface area (Å²) in [5.74, 6) is 0.977. The Labute approximate surface area is 133 Å². The van der Waals surface area contributed by atoms with Gasteiger partial charge in [0.25, 0.3) is 0 Å². The molecule has 116 valence electrons. The molecular formula is C16H19N3O2S. The molecule has 0 unspecified atom stereocenters. The normalized spacial score (nSPS) is 14.7. The fraction of sp³-hybridized carbons (Fsp3) is 0.375. The average molecular weight is 317 g/mol. The first-order chi connectivity index (χ1) is 10.8. The monoisotopic (exact) mass is 317 g/mol. The quantitative estimate of drug-likeness (QED) is 0.912. The van der Waals surface area contributed by atoms with Gasteiger partial charge < -0.3 is 10.1 Å². The van der Waals surface area contributed by atoms with E-state index in [9.17, 15) is 4.79 Å². The number of nitrogens with zero attached hydrogens (tertiary/aromatic N) is 2. The maximum Gasteiger partial charge on any atom is 0.234 e. The molecule has 22 heavy (non-hydrogen) atoms. The fourth-order valence-electron chi connectivity index (χ4n) is 2.46. The molecule has 1 aromatic heterocycles. The molecule has 1 aliphatic rings. The van der Waals surface area contributed by atoms with Crippen molar-refractivity contribution in [2.24, 2.45) is 0 Å². The molecule has 0 radical (unpaired) electrons. The van der Waals surface area contributed by atoms with Crippen LogP contribution < -0.4 is 10.1 Å². The van der Waals surface area contributed by atoms with Crippen LogP contribution in [0.3, 0.4) is 0 Å². The number of rotatable bonds is 5. The smallest absolute Gasteiger partial charge is 0.234 e. The van der Waals surface area contributed by atoms with Crippen molar-refractivity contribution in [3.63, 3.8) is 0 Å². The van der Waals surface area contributed by atoms with Gasteiger partial charge in [-0.3, -0.25) is 9.69 Å². The molecule has 2 aromatic rings. The third kappa shape index (κ3) is 4.05. The minimum absolute atomic E-state index is 0.0518. The van der Waals surface area contributed by atoms with E-state index < -0.39 is 0 Å². The van der Waals surface area contributed by atoms with Crippen molar-refractivity contribution in [1.29, 1.82) is 0 Å². The zero-order chi connectivity index (χ0) is 15.2. The van der Waals surface area contributed by atoms with Crippen molar-refractivity contribution in [2.45, 2.75) is 13.0 Å². The number of hydrogen-bond donors (Lipinski definition) is 1. The minimum Gasteiger partial charge on any atom is -0.492 e. The van der Waals surface area contributed by atoms with Crippen LogP contribution in [0.5, 0.6) is 5.75 Å². The number of fused-ring (bicyclic) bond motifs is 1. The van der Waals surface area contributed by atoms with Gasteiger partial charge in [-0.2, -0.15) is 0 Å². The number of hydrogen-bond acceptors (Lipinski definition) is 5. The molecule has 0 bridgehead atoms. The summed E-state index contributed by atoms with van der Waals surface area (Å²) in [5.41, 5.74) is 1.13. The van der Waals surface area contributed by atoms with E-state index in [-0.39, 0.29) is 5.91 Å². The van der Waals surface area contributed by atoms with E-state index in [4.69, 9.17) is 4.74 Å². The summed E-state index contributed by atoms with van der Waals surface area (Å²) in [6, 6.07) is 8.00. The maximum absolute atomic E-state index is 12.1. The van der Waals surface area contributed by atoms with E-state index in [0.29, 0.717) is 19.7 Å². The van der Waals surface area contributed by atoms with Gasteiger partial charge in [-0.25, -0.2) is 4.98 Å². The van der Waals surface area contributed by atoms with E-state index in [0.717, 1.165) is 35.8 Å². The lowest BCUT2D eigenvalue weighted by Crippen LogP contribution is -2.38. The van der Waals surface area contributed by atoms with Gasteiger partial charge in [0.2, 0.25) is 5.91 Å². The number of benzene rings is 1. The summed E-state index contributed by atoms with van der Waals surface area (Å²) in [7, 11) is 0. The first-order valence-electron chi connectivity index (χ1n) is 7.39. The maximum atomic E-state index is 12.1. The average Bonchev–Trinajstić information content (AvgIpc) is 2.94. The van der Waals surface area contributed by atoms with Gasteiger partial charge in [-0.05, 0) is 6.07 Å². The largest absolute Gasteiger partial charge is 0.492 e. The Balaban J connectivity index is 1.47. The summed E-state index contributed by atoms with van der Waals surface area (Å²) < 4.78 is 5.71. The third-order valence-electron chi connectivity index (χ3n) is 3.54. The van der Waals surface area contributed by atoms with Gasteiger partial charge in [0.1, 0.15) is 12.4 Å². The number of carbonyl (C=O) groups is 1. The predicted octanol–water partition coefficient (Wildman–Crippen LogP) is 1.70. The zero-order valence-corrected chi connectivity index (χ0v) is 13.1. The number of aromatic nitrogens is 1. The molecular weight excluding hydrogens is 298 g/mol. The second-order valence-electron chi connectivity index (χ2n) is 5.19. The summed E-state index contributed by atoms with van der Waals surface area (Å²) in [6.45, 7) is 3.15. The highest BCUT2D eigenvalue weighted by Crippen LogP contribution is 2.22. The van der Waals surface area contributed by atoms with Crippen LogP contribution in [-0.2, 0) is 17.8 Å². The highest BCUT2D eigenvalue weighted by Gasteiger charge is 2.17. The van der Waals surface area contributed by atoms with Crippen LogP contribution in [0, 0.1) is 0 Å². The van der Waals surface area contributed by atoms with Crippen molar-refractivity contribution in [3.05, 3.63) is 46.4 Å². The Kier molecular flexibility index (Phi) is 5.03. The molecule has 3 rings (SSSR count). The van der Waals surface area contributed by atoms with E-state index in [2.05, 4.69) is 15.2 Å². The van der Waals surface area contributed by atoms with Crippen LogP contribution in [0.15, 0.2) is 35.8 Å². The van der Waals surface area contributed by atoms with Gasteiger partial charge in [0.05, 0.1) is 11.6 Å². The molecule has 5 nitrogen and oxygen atoms in total. The number of amides is 1. The Morgan fingerprint density at radius 3 is 3.18 bits per heavy atom. The number of carbonyl (C=O) groups excluding carboxylic acids is 1. The standard InChI is InChI=1S/C16H19N3O2S/c20-15(17-6-5-16-18-7-10-22-16)12-19-8-9-21-14-4-2-1-3-13(14)11-19/h1-4,7,10H,5-6,8-9,11-12H2,(H,17,20). The number of nitrogens with one attached hydrogen (secondary N) is 1. The first-order valence-corrected chi connectivity index (χ1v) is 8.27. The van der Waals surface area contributed by atoms with Crippen molar-refractivity contribution in [2.75, 3.05) is 26.2 Å². The number of para-hydroxylation sites is 1. The van der Waals surface area contributed by atoms with Crippen molar-refractivity contribution < 1.29 is 9.53 Å². The molecule has 2 heterocycles. The lowest BCUT2D eigenvalue weighted by molar-refractivity contribution is -0.122. The lowest BCUT2D eigenvalue weighted by Gasteiger charge is -2.18. The van der Waals surface area contributed by atoms with Crippen LogP contribution in [0.4, 0.5) is 0 Å². The molecule has 6 heteroatoms. The summed E-state index contributed by atoms with van der Waals surface area (Å²) in [4.78, 5) is 18.4. The Hall–Kier alpha value is -1.92. The van der Waals surface area contributed by atoms with E-state index in [1.807, 2.05) is 29.6 Å². The van der Waals surface area contributed by atoms with Crippen LogP contribution in [0.25, 0.3) is 0 Å². The van der Waals surface area contributed by atoms with Crippen LogP contribution >= 0.6 is 11.3 Å². The summed E-state index contributed by atoms with van der Waals surface area (Å²) in [6.07, 6.45) is 2.58. The van der Waals surface area contributed by atoms with E-state index >= 15 is 0 Å². The first kappa shape index (κ1) is 15.0.